The molecule has 1 unspecified atom stereocenters. The molecule has 0 amide bonds. The lowest BCUT2D eigenvalue weighted by Gasteiger charge is -2.16. The van der Waals surface area contributed by atoms with E-state index in [2.05, 4.69) is 38.2 Å². The van der Waals surface area contributed by atoms with Gasteiger partial charge < -0.3 is 9.84 Å². The van der Waals surface area contributed by atoms with E-state index in [0.717, 1.165) is 32.1 Å². The fraction of sp³-hybridized carbons (Fsp3) is 0.838. The van der Waals surface area contributed by atoms with Gasteiger partial charge in [0.25, 0.3) is 0 Å². The van der Waals surface area contributed by atoms with Crippen molar-refractivity contribution in [3.05, 3.63) is 24.3 Å². The third-order valence-corrected chi connectivity index (χ3v) is 7.91. The molecule has 41 heavy (non-hydrogen) atoms. The Hall–Kier alpha value is -1.58. The highest BCUT2D eigenvalue weighted by atomic mass is 16.5. The van der Waals surface area contributed by atoms with Gasteiger partial charge in [0.05, 0.1) is 6.42 Å². The smallest absolute Gasteiger partial charge is 0.307 e. The number of hydrogen-bond acceptors (Lipinski definition) is 3. The van der Waals surface area contributed by atoms with Gasteiger partial charge in [0.2, 0.25) is 0 Å². The number of rotatable bonds is 32. The Morgan fingerprint density at radius 2 is 0.976 bits per heavy atom. The van der Waals surface area contributed by atoms with Crippen LogP contribution >= 0.6 is 0 Å². The molecule has 0 saturated heterocycles. The van der Waals surface area contributed by atoms with Crippen LogP contribution < -0.4 is 0 Å². The van der Waals surface area contributed by atoms with Gasteiger partial charge in [-0.2, -0.15) is 0 Å². The fourth-order valence-electron chi connectivity index (χ4n) is 5.29. The zero-order chi connectivity index (χ0) is 30.1. The number of allylic oxidation sites excluding steroid dienone is 4. The van der Waals surface area contributed by atoms with Gasteiger partial charge in [0.1, 0.15) is 6.10 Å². The van der Waals surface area contributed by atoms with E-state index in [4.69, 9.17) is 4.74 Å². The van der Waals surface area contributed by atoms with Crippen molar-refractivity contribution in [3.63, 3.8) is 0 Å². The van der Waals surface area contributed by atoms with E-state index >= 15 is 0 Å². The quantitative estimate of drug-likeness (QED) is 0.0491. The molecule has 0 bridgehead atoms. The molecule has 0 fully saturated rings. The summed E-state index contributed by atoms with van der Waals surface area (Å²) in [5.74, 6) is -1.10. The SMILES string of the molecule is CCCCC/C=C\C/C=C\CCCCCCCCCCCC(=O)OC(CCCCCCCCCCCC)CC(=O)O. The Bertz CT molecular complexity index is 624. The van der Waals surface area contributed by atoms with Crippen LogP contribution in [0.1, 0.15) is 194 Å². The van der Waals surface area contributed by atoms with Crippen LogP contribution in [0, 0.1) is 0 Å². The Balaban J connectivity index is 3.63. The van der Waals surface area contributed by atoms with Gasteiger partial charge in [0, 0.05) is 6.42 Å². The predicted octanol–water partition coefficient (Wildman–Crippen LogP) is 12.1. The van der Waals surface area contributed by atoms with Gasteiger partial charge in [-0.1, -0.05) is 154 Å². The number of hydrogen-bond donors (Lipinski definition) is 1. The molecule has 0 spiro atoms. The van der Waals surface area contributed by atoms with Crippen molar-refractivity contribution in [2.24, 2.45) is 0 Å². The van der Waals surface area contributed by atoms with Gasteiger partial charge in [-0.3, -0.25) is 9.59 Å². The van der Waals surface area contributed by atoms with Gasteiger partial charge in [-0.15, -0.1) is 0 Å². The Labute approximate surface area is 255 Å². The minimum absolute atomic E-state index is 0.0734. The summed E-state index contributed by atoms with van der Waals surface area (Å²) in [5.41, 5.74) is 0. The lowest BCUT2D eigenvalue weighted by atomic mass is 10.0. The summed E-state index contributed by atoms with van der Waals surface area (Å²) in [6.45, 7) is 4.49. The van der Waals surface area contributed by atoms with Crippen molar-refractivity contribution < 1.29 is 19.4 Å². The van der Waals surface area contributed by atoms with Crippen LogP contribution in [0.3, 0.4) is 0 Å². The zero-order valence-corrected chi connectivity index (χ0v) is 27.4. The molecule has 0 aliphatic heterocycles. The fourth-order valence-corrected chi connectivity index (χ4v) is 5.29. The summed E-state index contributed by atoms with van der Waals surface area (Å²) in [6, 6.07) is 0. The van der Waals surface area contributed by atoms with Crippen molar-refractivity contribution >= 4 is 11.9 Å². The predicted molar refractivity (Wildman–Crippen MR) is 176 cm³/mol. The number of carboxylic acid groups (broad SMARTS) is 1. The highest BCUT2D eigenvalue weighted by molar-refractivity contribution is 5.71. The molecule has 4 heteroatoms. The second-order valence-electron chi connectivity index (χ2n) is 12.1. The lowest BCUT2D eigenvalue weighted by Crippen LogP contribution is -2.21. The first-order valence-corrected chi connectivity index (χ1v) is 17.8. The molecule has 0 heterocycles. The molecule has 0 saturated carbocycles. The number of ether oxygens (including phenoxy) is 1. The molecule has 1 atom stereocenters. The molecule has 0 aliphatic carbocycles. The number of carboxylic acids is 1. The maximum atomic E-state index is 12.3. The number of aliphatic carboxylic acids is 1. The van der Waals surface area contributed by atoms with E-state index in [1.165, 1.54) is 128 Å². The van der Waals surface area contributed by atoms with Crippen LogP contribution in [0.4, 0.5) is 0 Å². The summed E-state index contributed by atoms with van der Waals surface area (Å²) < 4.78 is 5.55. The van der Waals surface area contributed by atoms with E-state index in [1.54, 1.807) is 0 Å². The first kappa shape index (κ1) is 39.4. The van der Waals surface area contributed by atoms with Crippen molar-refractivity contribution in [1.82, 2.24) is 0 Å². The average Bonchev–Trinajstić information content (AvgIpc) is 2.95. The molecular weight excluding hydrogens is 508 g/mol. The van der Waals surface area contributed by atoms with Crippen LogP contribution in [0.15, 0.2) is 24.3 Å². The van der Waals surface area contributed by atoms with E-state index < -0.39 is 12.1 Å². The molecule has 0 aromatic rings. The summed E-state index contributed by atoms with van der Waals surface area (Å²) >= 11 is 0. The monoisotopic (exact) mass is 577 g/mol. The molecular formula is C37H68O4. The molecule has 0 aromatic carbocycles. The average molecular weight is 577 g/mol. The number of esters is 1. The Kier molecular flexibility index (Phi) is 31.7. The van der Waals surface area contributed by atoms with Crippen molar-refractivity contribution in [1.29, 1.82) is 0 Å². The molecule has 0 rings (SSSR count). The van der Waals surface area contributed by atoms with E-state index in [-0.39, 0.29) is 12.4 Å². The van der Waals surface area contributed by atoms with Crippen LogP contribution in [-0.4, -0.2) is 23.1 Å². The van der Waals surface area contributed by atoms with Crippen LogP contribution in [0.25, 0.3) is 0 Å². The third kappa shape index (κ3) is 32.8. The topological polar surface area (TPSA) is 63.6 Å². The first-order valence-electron chi connectivity index (χ1n) is 17.8. The van der Waals surface area contributed by atoms with Crippen molar-refractivity contribution in [2.45, 2.75) is 200 Å². The number of unbranched alkanes of at least 4 members (excludes halogenated alkanes) is 21. The van der Waals surface area contributed by atoms with E-state index in [9.17, 15) is 14.7 Å². The van der Waals surface area contributed by atoms with Gasteiger partial charge in [-0.05, 0) is 51.4 Å². The second kappa shape index (κ2) is 32.9. The molecule has 240 valence electrons. The summed E-state index contributed by atoms with van der Waals surface area (Å²) in [5, 5.41) is 9.21. The Morgan fingerprint density at radius 1 is 0.561 bits per heavy atom. The van der Waals surface area contributed by atoms with Gasteiger partial charge in [-0.25, -0.2) is 0 Å². The molecule has 0 aromatic heterocycles. The number of carbonyl (C=O) groups is 2. The molecule has 0 aliphatic rings. The summed E-state index contributed by atoms with van der Waals surface area (Å²) in [4.78, 5) is 23.5. The molecule has 0 radical (unpaired) electrons. The summed E-state index contributed by atoms with van der Waals surface area (Å²) in [7, 11) is 0. The maximum Gasteiger partial charge on any atom is 0.307 e. The standard InChI is InChI=1S/C37H68O4/c1-3-5-7-9-11-13-15-16-17-18-19-20-21-22-23-25-27-29-31-33-37(40)41-35(34-36(38)39)32-30-28-26-24-14-12-10-8-6-4-2/h11,13,16-17,35H,3-10,12,14-15,18-34H2,1-2H3,(H,38,39)/b13-11-,17-16-. The largest absolute Gasteiger partial charge is 0.481 e. The lowest BCUT2D eigenvalue weighted by molar-refractivity contribution is -0.153. The molecule has 1 N–H and O–H groups in total. The highest BCUT2D eigenvalue weighted by Crippen LogP contribution is 2.16. The maximum absolute atomic E-state index is 12.3. The van der Waals surface area contributed by atoms with Gasteiger partial charge in [0.15, 0.2) is 0 Å². The molecule has 4 nitrogen and oxygen atoms in total. The second-order valence-corrected chi connectivity index (χ2v) is 12.1. The van der Waals surface area contributed by atoms with Crippen LogP contribution in [0.2, 0.25) is 0 Å². The minimum Gasteiger partial charge on any atom is -0.481 e. The third-order valence-electron chi connectivity index (χ3n) is 7.91. The normalized spacial score (nSPS) is 12.4. The van der Waals surface area contributed by atoms with Crippen molar-refractivity contribution in [3.8, 4) is 0 Å². The summed E-state index contributed by atoms with van der Waals surface area (Å²) in [6.07, 6.45) is 40.5. The van der Waals surface area contributed by atoms with E-state index in [0.29, 0.717) is 12.8 Å². The van der Waals surface area contributed by atoms with Gasteiger partial charge >= 0.3 is 11.9 Å². The van der Waals surface area contributed by atoms with Crippen LogP contribution in [-0.2, 0) is 14.3 Å². The minimum atomic E-state index is -0.882. The zero-order valence-electron chi connectivity index (χ0n) is 27.4. The number of carbonyl (C=O) groups excluding carboxylic acids is 1. The van der Waals surface area contributed by atoms with Crippen molar-refractivity contribution in [2.75, 3.05) is 0 Å². The highest BCUT2D eigenvalue weighted by Gasteiger charge is 2.17. The van der Waals surface area contributed by atoms with E-state index in [1.807, 2.05) is 0 Å². The first-order chi connectivity index (χ1) is 20.1. The Morgan fingerprint density at radius 3 is 1.49 bits per heavy atom. The van der Waals surface area contributed by atoms with Crippen LogP contribution in [0.5, 0.6) is 0 Å².